The Kier molecular flexibility index (Phi) is 5.32. The third-order valence-corrected chi connectivity index (χ3v) is 2.22. The van der Waals surface area contributed by atoms with Gasteiger partial charge in [-0.15, -0.1) is 0 Å². The SMILES string of the molecule is C[C@H](O)CN(CCN)Cc1ccccc1. The maximum Gasteiger partial charge on any atom is 0.0639 e. The Morgan fingerprint density at radius 2 is 2.00 bits per heavy atom. The Balaban J connectivity index is 2.50. The van der Waals surface area contributed by atoms with E-state index in [1.54, 1.807) is 6.92 Å². The summed E-state index contributed by atoms with van der Waals surface area (Å²) < 4.78 is 0. The van der Waals surface area contributed by atoms with Gasteiger partial charge in [-0.1, -0.05) is 30.3 Å². The van der Waals surface area contributed by atoms with Crippen molar-refractivity contribution in [2.24, 2.45) is 5.73 Å². The highest BCUT2D eigenvalue weighted by atomic mass is 16.3. The summed E-state index contributed by atoms with van der Waals surface area (Å²) in [6.07, 6.45) is -0.305. The van der Waals surface area contributed by atoms with Gasteiger partial charge < -0.3 is 10.8 Å². The van der Waals surface area contributed by atoms with Crippen molar-refractivity contribution < 1.29 is 5.11 Å². The van der Waals surface area contributed by atoms with E-state index in [1.807, 2.05) is 18.2 Å². The number of benzene rings is 1. The van der Waals surface area contributed by atoms with Crippen molar-refractivity contribution in [3.8, 4) is 0 Å². The quantitative estimate of drug-likeness (QED) is 0.728. The van der Waals surface area contributed by atoms with Crippen molar-refractivity contribution in [2.45, 2.75) is 19.6 Å². The van der Waals surface area contributed by atoms with Gasteiger partial charge >= 0.3 is 0 Å². The zero-order valence-corrected chi connectivity index (χ0v) is 9.26. The van der Waals surface area contributed by atoms with Gasteiger partial charge in [0.05, 0.1) is 6.10 Å². The van der Waals surface area contributed by atoms with Crippen molar-refractivity contribution >= 4 is 0 Å². The average Bonchev–Trinajstić information content (AvgIpc) is 2.18. The van der Waals surface area contributed by atoms with Gasteiger partial charge in [0.15, 0.2) is 0 Å². The second-order valence-electron chi connectivity index (χ2n) is 3.86. The number of aliphatic hydroxyl groups is 1. The zero-order chi connectivity index (χ0) is 11.1. The summed E-state index contributed by atoms with van der Waals surface area (Å²) in [5, 5.41) is 9.34. The lowest BCUT2D eigenvalue weighted by atomic mass is 10.2. The highest BCUT2D eigenvalue weighted by molar-refractivity contribution is 5.14. The highest BCUT2D eigenvalue weighted by Gasteiger charge is 2.07. The Morgan fingerprint density at radius 1 is 1.33 bits per heavy atom. The highest BCUT2D eigenvalue weighted by Crippen LogP contribution is 2.04. The molecule has 0 bridgehead atoms. The lowest BCUT2D eigenvalue weighted by molar-refractivity contribution is 0.124. The van der Waals surface area contributed by atoms with Gasteiger partial charge in [-0.2, -0.15) is 0 Å². The van der Waals surface area contributed by atoms with Gasteiger partial charge in [-0.05, 0) is 12.5 Å². The van der Waals surface area contributed by atoms with Gasteiger partial charge in [0.1, 0.15) is 0 Å². The predicted octanol–water partition coefficient (Wildman–Crippen LogP) is 0.828. The first-order valence-corrected chi connectivity index (χ1v) is 5.36. The van der Waals surface area contributed by atoms with E-state index in [1.165, 1.54) is 5.56 Å². The fourth-order valence-corrected chi connectivity index (χ4v) is 1.63. The minimum absolute atomic E-state index is 0.305. The van der Waals surface area contributed by atoms with Crippen LogP contribution in [0.25, 0.3) is 0 Å². The molecule has 15 heavy (non-hydrogen) atoms. The molecule has 0 fully saturated rings. The fourth-order valence-electron chi connectivity index (χ4n) is 1.63. The van der Waals surface area contributed by atoms with Crippen molar-refractivity contribution in [1.29, 1.82) is 0 Å². The summed E-state index contributed by atoms with van der Waals surface area (Å²) in [6, 6.07) is 10.2. The van der Waals surface area contributed by atoms with E-state index in [0.717, 1.165) is 13.1 Å². The van der Waals surface area contributed by atoms with E-state index in [9.17, 15) is 5.11 Å². The average molecular weight is 208 g/mol. The Morgan fingerprint density at radius 3 is 2.53 bits per heavy atom. The van der Waals surface area contributed by atoms with Crippen molar-refractivity contribution in [3.05, 3.63) is 35.9 Å². The standard InChI is InChI=1S/C12H20N2O/c1-11(15)9-14(8-7-13)10-12-5-3-2-4-6-12/h2-6,11,15H,7-10,13H2,1H3/t11-/m0/s1. The summed E-state index contributed by atoms with van der Waals surface area (Å²) in [6.45, 7) is 4.77. The zero-order valence-electron chi connectivity index (χ0n) is 9.26. The number of hydrogen-bond acceptors (Lipinski definition) is 3. The molecule has 1 rings (SSSR count). The Hall–Kier alpha value is -0.900. The molecule has 0 saturated heterocycles. The third kappa shape index (κ3) is 4.93. The van der Waals surface area contributed by atoms with E-state index in [-0.39, 0.29) is 6.10 Å². The first-order chi connectivity index (χ1) is 7.22. The Bertz CT molecular complexity index is 262. The van der Waals surface area contributed by atoms with E-state index in [0.29, 0.717) is 13.1 Å². The molecule has 84 valence electrons. The predicted molar refractivity (Wildman–Crippen MR) is 62.5 cm³/mol. The normalized spacial score (nSPS) is 13.1. The van der Waals surface area contributed by atoms with Crippen molar-refractivity contribution in [3.63, 3.8) is 0 Å². The molecule has 0 aliphatic rings. The molecule has 0 aromatic heterocycles. The summed E-state index contributed by atoms with van der Waals surface area (Å²) in [5.41, 5.74) is 6.79. The van der Waals surface area contributed by atoms with Crippen LogP contribution in [0.15, 0.2) is 30.3 Å². The molecule has 0 aliphatic carbocycles. The van der Waals surface area contributed by atoms with Gasteiger partial charge in [0.2, 0.25) is 0 Å². The lowest BCUT2D eigenvalue weighted by Gasteiger charge is -2.22. The summed E-state index contributed by atoms with van der Waals surface area (Å²) >= 11 is 0. The van der Waals surface area contributed by atoms with Gasteiger partial charge in [-0.25, -0.2) is 0 Å². The fraction of sp³-hybridized carbons (Fsp3) is 0.500. The number of rotatable bonds is 6. The summed E-state index contributed by atoms with van der Waals surface area (Å²) in [5.74, 6) is 0. The van der Waals surface area contributed by atoms with Crippen molar-refractivity contribution in [2.75, 3.05) is 19.6 Å². The largest absolute Gasteiger partial charge is 0.392 e. The molecule has 1 aromatic carbocycles. The van der Waals surface area contributed by atoms with Gasteiger partial charge in [-0.3, -0.25) is 4.90 Å². The van der Waals surface area contributed by atoms with Crippen LogP contribution in [-0.4, -0.2) is 35.7 Å². The molecule has 0 unspecified atom stereocenters. The number of hydrogen-bond donors (Lipinski definition) is 2. The van der Waals surface area contributed by atoms with E-state index in [4.69, 9.17) is 5.73 Å². The van der Waals surface area contributed by atoms with Crippen molar-refractivity contribution in [1.82, 2.24) is 4.90 Å². The number of nitrogens with two attached hydrogens (primary N) is 1. The Labute approximate surface area is 91.5 Å². The van der Waals surface area contributed by atoms with Gasteiger partial charge in [0, 0.05) is 26.2 Å². The summed E-state index contributed by atoms with van der Waals surface area (Å²) in [4.78, 5) is 2.17. The summed E-state index contributed by atoms with van der Waals surface area (Å²) in [7, 11) is 0. The van der Waals surface area contributed by atoms with Gasteiger partial charge in [0.25, 0.3) is 0 Å². The molecule has 0 saturated carbocycles. The second-order valence-corrected chi connectivity index (χ2v) is 3.86. The van der Waals surface area contributed by atoms with Crippen LogP contribution in [0.2, 0.25) is 0 Å². The van der Waals surface area contributed by atoms with Crippen LogP contribution in [0.4, 0.5) is 0 Å². The van der Waals surface area contributed by atoms with Crippen LogP contribution in [0.5, 0.6) is 0 Å². The maximum absolute atomic E-state index is 9.34. The molecule has 0 spiro atoms. The van der Waals surface area contributed by atoms with E-state index >= 15 is 0 Å². The smallest absolute Gasteiger partial charge is 0.0639 e. The molecule has 1 atom stereocenters. The molecule has 3 nitrogen and oxygen atoms in total. The maximum atomic E-state index is 9.34. The van der Waals surface area contributed by atoms with Crippen LogP contribution in [-0.2, 0) is 6.54 Å². The minimum Gasteiger partial charge on any atom is -0.392 e. The molecular formula is C12H20N2O. The second kappa shape index (κ2) is 6.56. The first kappa shape index (κ1) is 12.2. The van der Waals surface area contributed by atoms with Crippen LogP contribution in [0.1, 0.15) is 12.5 Å². The molecule has 0 amide bonds. The van der Waals surface area contributed by atoms with Crippen LogP contribution >= 0.6 is 0 Å². The molecule has 0 aliphatic heterocycles. The van der Waals surface area contributed by atoms with E-state index < -0.39 is 0 Å². The minimum atomic E-state index is -0.305. The number of nitrogens with zero attached hydrogens (tertiary/aromatic N) is 1. The molecular weight excluding hydrogens is 188 g/mol. The number of aliphatic hydroxyl groups excluding tert-OH is 1. The van der Waals surface area contributed by atoms with Crippen LogP contribution < -0.4 is 5.73 Å². The first-order valence-electron chi connectivity index (χ1n) is 5.36. The topological polar surface area (TPSA) is 49.5 Å². The van der Waals surface area contributed by atoms with E-state index in [2.05, 4.69) is 17.0 Å². The molecule has 1 aromatic rings. The molecule has 3 N–H and O–H groups in total. The lowest BCUT2D eigenvalue weighted by Crippen LogP contribution is -2.34. The monoisotopic (exact) mass is 208 g/mol. The van der Waals surface area contributed by atoms with Crippen LogP contribution in [0.3, 0.4) is 0 Å². The molecule has 3 heteroatoms. The molecule has 0 heterocycles. The van der Waals surface area contributed by atoms with Crippen LogP contribution in [0, 0.1) is 0 Å². The third-order valence-electron chi connectivity index (χ3n) is 2.22. The molecule has 0 radical (unpaired) electrons.